The van der Waals surface area contributed by atoms with Gasteiger partial charge < -0.3 is 5.32 Å². The Morgan fingerprint density at radius 2 is 1.93 bits per heavy atom. The molecule has 0 radical (unpaired) electrons. The van der Waals surface area contributed by atoms with Crippen LogP contribution in [0.3, 0.4) is 0 Å². The Morgan fingerprint density at radius 3 is 2.61 bits per heavy atom. The topological polar surface area (TPSA) is 79.6 Å². The van der Waals surface area contributed by atoms with Crippen molar-refractivity contribution in [2.45, 2.75) is 45.1 Å². The Balaban J connectivity index is 1.59. The summed E-state index contributed by atoms with van der Waals surface area (Å²) >= 11 is 6.49. The molecular weight excluding hydrogens is 378 g/mol. The number of hydrogen-bond acceptors (Lipinski definition) is 4. The van der Waals surface area contributed by atoms with Crippen LogP contribution >= 0.6 is 11.6 Å². The maximum atomic E-state index is 12.9. The zero-order chi connectivity index (χ0) is 19.9. The Labute approximate surface area is 168 Å². The van der Waals surface area contributed by atoms with E-state index in [9.17, 15) is 9.59 Å². The van der Waals surface area contributed by atoms with Crippen molar-refractivity contribution in [3.63, 3.8) is 0 Å². The third-order valence-corrected chi connectivity index (χ3v) is 5.98. The van der Waals surface area contributed by atoms with Crippen molar-refractivity contribution in [2.24, 2.45) is 11.0 Å². The summed E-state index contributed by atoms with van der Waals surface area (Å²) in [5, 5.41) is 12.8. The van der Waals surface area contributed by atoms with Crippen molar-refractivity contribution in [2.75, 3.05) is 0 Å². The predicted octanol–water partition coefficient (Wildman–Crippen LogP) is 3.67. The molecule has 1 spiro atoms. The highest BCUT2D eigenvalue weighted by molar-refractivity contribution is 6.32. The first-order valence-corrected chi connectivity index (χ1v) is 9.80. The van der Waals surface area contributed by atoms with Crippen LogP contribution in [0.25, 0.3) is 5.69 Å². The SMILES string of the molecule is Cc1nn(-c2ccccc2)c(Cl)c1/C=N\N1C(=O)NC2(CCC(C)CC2)C1=O. The standard InChI is InChI=1S/C20H22ClN5O2/c1-13-8-10-20(11-9-13)18(27)26(19(28)23-20)22-12-16-14(2)24-25(17(16)21)15-6-4-3-5-7-15/h3-7,12-13H,8-11H2,1-2H3,(H,23,28)/b22-12-. The molecule has 1 N–H and O–H groups in total. The third-order valence-electron chi connectivity index (χ3n) is 5.62. The number of carbonyl (C=O) groups is 2. The van der Waals surface area contributed by atoms with Crippen molar-refractivity contribution in [1.29, 1.82) is 0 Å². The van der Waals surface area contributed by atoms with Crippen molar-refractivity contribution in [3.8, 4) is 5.69 Å². The van der Waals surface area contributed by atoms with Crippen LogP contribution in [0, 0.1) is 12.8 Å². The van der Waals surface area contributed by atoms with E-state index in [1.807, 2.05) is 37.3 Å². The number of rotatable bonds is 3. The molecule has 1 saturated heterocycles. The van der Waals surface area contributed by atoms with Crippen LogP contribution in [-0.4, -0.2) is 38.5 Å². The second-order valence-corrected chi connectivity index (χ2v) is 7.95. The van der Waals surface area contributed by atoms with Gasteiger partial charge in [0.05, 0.1) is 23.2 Å². The molecule has 1 aliphatic heterocycles. The average Bonchev–Trinajstić information content (AvgIpc) is 3.10. The molecular formula is C20H22ClN5O2. The van der Waals surface area contributed by atoms with Crippen molar-refractivity contribution in [1.82, 2.24) is 20.1 Å². The lowest BCUT2D eigenvalue weighted by Gasteiger charge is -2.33. The minimum atomic E-state index is -0.812. The first-order chi connectivity index (χ1) is 13.4. The summed E-state index contributed by atoms with van der Waals surface area (Å²) in [5.41, 5.74) is 1.24. The fourth-order valence-corrected chi connectivity index (χ4v) is 4.14. The average molecular weight is 400 g/mol. The van der Waals surface area contributed by atoms with E-state index in [0.717, 1.165) is 23.5 Å². The fourth-order valence-electron chi connectivity index (χ4n) is 3.82. The van der Waals surface area contributed by atoms with Gasteiger partial charge in [0.15, 0.2) is 0 Å². The van der Waals surface area contributed by atoms with E-state index in [-0.39, 0.29) is 5.91 Å². The van der Waals surface area contributed by atoms with Gasteiger partial charge in [-0.25, -0.2) is 9.48 Å². The molecule has 7 nitrogen and oxygen atoms in total. The number of hydrazone groups is 1. The number of benzene rings is 1. The molecule has 4 rings (SSSR count). The minimum absolute atomic E-state index is 0.287. The quantitative estimate of drug-likeness (QED) is 0.631. The highest BCUT2D eigenvalue weighted by Gasteiger charge is 2.52. The number of urea groups is 1. The predicted molar refractivity (Wildman–Crippen MR) is 107 cm³/mol. The van der Waals surface area contributed by atoms with Crippen LogP contribution in [0.4, 0.5) is 4.79 Å². The van der Waals surface area contributed by atoms with Gasteiger partial charge in [0, 0.05) is 0 Å². The van der Waals surface area contributed by atoms with E-state index in [2.05, 4.69) is 22.4 Å². The van der Waals surface area contributed by atoms with Gasteiger partial charge in [0.25, 0.3) is 5.91 Å². The zero-order valence-electron chi connectivity index (χ0n) is 15.9. The lowest BCUT2D eigenvalue weighted by Crippen LogP contribution is -2.49. The lowest BCUT2D eigenvalue weighted by atomic mass is 9.77. The summed E-state index contributed by atoms with van der Waals surface area (Å²) < 4.78 is 1.61. The van der Waals surface area contributed by atoms with E-state index < -0.39 is 11.6 Å². The van der Waals surface area contributed by atoms with Crippen LogP contribution in [-0.2, 0) is 4.79 Å². The molecule has 2 aromatic rings. The molecule has 2 fully saturated rings. The van der Waals surface area contributed by atoms with Crippen molar-refractivity contribution in [3.05, 3.63) is 46.7 Å². The minimum Gasteiger partial charge on any atom is -0.321 e. The second kappa shape index (κ2) is 7.05. The van der Waals surface area contributed by atoms with Gasteiger partial charge >= 0.3 is 6.03 Å². The van der Waals surface area contributed by atoms with Crippen LogP contribution in [0.1, 0.15) is 43.9 Å². The Bertz CT molecular complexity index is 945. The Kier molecular flexibility index (Phi) is 4.71. The number of aromatic nitrogens is 2. The molecule has 146 valence electrons. The summed E-state index contributed by atoms with van der Waals surface area (Å²) in [6.45, 7) is 3.97. The number of imide groups is 1. The van der Waals surface area contributed by atoms with Gasteiger partial charge in [0.2, 0.25) is 0 Å². The number of halogens is 1. The smallest absolute Gasteiger partial charge is 0.321 e. The molecule has 1 aromatic carbocycles. The Morgan fingerprint density at radius 1 is 1.25 bits per heavy atom. The van der Waals surface area contributed by atoms with Crippen LogP contribution in [0.15, 0.2) is 35.4 Å². The Hall–Kier alpha value is -2.67. The number of aryl methyl sites for hydroxylation is 1. The summed E-state index contributed by atoms with van der Waals surface area (Å²) in [7, 11) is 0. The van der Waals surface area contributed by atoms with Gasteiger partial charge in [-0.15, -0.1) is 5.01 Å². The first kappa shape index (κ1) is 18.7. The van der Waals surface area contributed by atoms with E-state index >= 15 is 0 Å². The van der Waals surface area contributed by atoms with Crippen molar-refractivity contribution < 1.29 is 9.59 Å². The summed E-state index contributed by atoms with van der Waals surface area (Å²) in [6.07, 6.45) is 4.57. The molecule has 8 heteroatoms. The van der Waals surface area contributed by atoms with E-state index in [4.69, 9.17) is 11.6 Å². The number of nitrogens with zero attached hydrogens (tertiary/aromatic N) is 4. The van der Waals surface area contributed by atoms with Gasteiger partial charge in [-0.05, 0) is 50.7 Å². The van der Waals surface area contributed by atoms with E-state index in [0.29, 0.717) is 35.2 Å². The zero-order valence-corrected chi connectivity index (χ0v) is 16.6. The monoisotopic (exact) mass is 399 g/mol. The van der Waals surface area contributed by atoms with Crippen LogP contribution < -0.4 is 5.32 Å². The van der Waals surface area contributed by atoms with Crippen LogP contribution in [0.5, 0.6) is 0 Å². The van der Waals surface area contributed by atoms with Gasteiger partial charge in [-0.1, -0.05) is 36.7 Å². The number of nitrogens with one attached hydrogen (secondary N) is 1. The van der Waals surface area contributed by atoms with Crippen molar-refractivity contribution >= 4 is 29.8 Å². The molecule has 1 saturated carbocycles. The first-order valence-electron chi connectivity index (χ1n) is 9.42. The number of amides is 3. The molecule has 2 heterocycles. The third kappa shape index (κ3) is 3.09. The molecule has 0 atom stereocenters. The van der Waals surface area contributed by atoms with E-state index in [1.165, 1.54) is 6.21 Å². The highest BCUT2D eigenvalue weighted by atomic mass is 35.5. The van der Waals surface area contributed by atoms with Gasteiger partial charge in [-0.2, -0.15) is 10.2 Å². The molecule has 1 aromatic heterocycles. The van der Waals surface area contributed by atoms with Crippen LogP contribution in [0.2, 0.25) is 5.15 Å². The highest BCUT2D eigenvalue weighted by Crippen LogP contribution is 2.36. The molecule has 0 unspecified atom stereocenters. The van der Waals surface area contributed by atoms with Gasteiger partial charge in [-0.3, -0.25) is 4.79 Å². The normalized spacial score (nSPS) is 25.1. The molecule has 1 aliphatic carbocycles. The number of hydrogen-bond donors (Lipinski definition) is 1. The lowest BCUT2D eigenvalue weighted by molar-refractivity contribution is -0.132. The maximum Gasteiger partial charge on any atom is 0.346 e. The summed E-state index contributed by atoms with van der Waals surface area (Å²) in [5.74, 6) is 0.281. The molecule has 2 aliphatic rings. The number of para-hydroxylation sites is 1. The molecule has 0 bridgehead atoms. The fraction of sp³-hybridized carbons (Fsp3) is 0.400. The van der Waals surface area contributed by atoms with Gasteiger partial charge in [0.1, 0.15) is 10.7 Å². The maximum absolute atomic E-state index is 12.9. The van der Waals surface area contributed by atoms with E-state index in [1.54, 1.807) is 4.68 Å². The summed E-state index contributed by atoms with van der Waals surface area (Å²) in [6, 6.07) is 9.01. The largest absolute Gasteiger partial charge is 0.346 e. The number of carbonyl (C=O) groups excluding carboxylic acids is 2. The molecule has 28 heavy (non-hydrogen) atoms. The molecule has 3 amide bonds. The summed E-state index contributed by atoms with van der Waals surface area (Å²) in [4.78, 5) is 25.3. The second-order valence-electron chi connectivity index (χ2n) is 7.59.